The Morgan fingerprint density at radius 1 is 1.41 bits per heavy atom. The number of aromatic nitrogens is 2. The molecule has 1 aromatic heterocycles. The predicted molar refractivity (Wildman–Crippen MR) is 83.7 cm³/mol. The summed E-state index contributed by atoms with van der Waals surface area (Å²) in [5.74, 6) is 0.762. The van der Waals surface area contributed by atoms with Gasteiger partial charge in [0.2, 0.25) is 10.0 Å². The molecule has 0 amide bonds. The molecule has 1 N–H and O–H groups in total. The molecular weight excluding hydrogens is 322 g/mol. The normalized spacial score (nSPS) is 16.3. The first-order valence-corrected chi connectivity index (χ1v) is 9.29. The fraction of sp³-hybridized carbons (Fsp3) is 0.429. The summed E-state index contributed by atoms with van der Waals surface area (Å²) in [6.45, 7) is 4.28. The summed E-state index contributed by atoms with van der Waals surface area (Å²) in [6, 6.07) is 4.99. The van der Waals surface area contributed by atoms with Gasteiger partial charge in [0, 0.05) is 19.4 Å². The minimum absolute atomic E-state index is 0.268. The maximum atomic E-state index is 12.3. The number of hydrogen-bond acceptors (Lipinski definition) is 6. The predicted octanol–water partition coefficient (Wildman–Crippen LogP) is 1.77. The Balaban J connectivity index is 1.70. The average Bonchev–Trinajstić information content (AvgIpc) is 3.02. The van der Waals surface area contributed by atoms with Crippen molar-refractivity contribution in [1.82, 2.24) is 14.9 Å². The second kappa shape index (κ2) is 5.60. The summed E-state index contributed by atoms with van der Waals surface area (Å²) in [4.78, 5) is 0.268. The van der Waals surface area contributed by atoms with Crippen LogP contribution >= 0.6 is 11.3 Å². The van der Waals surface area contributed by atoms with Crippen LogP contribution in [0.3, 0.4) is 0 Å². The molecule has 0 atom stereocenters. The highest BCUT2D eigenvalue weighted by Crippen LogP contribution is 2.35. The van der Waals surface area contributed by atoms with Crippen LogP contribution in [-0.4, -0.2) is 30.8 Å². The molecule has 22 heavy (non-hydrogen) atoms. The average molecular weight is 339 g/mol. The van der Waals surface area contributed by atoms with Crippen LogP contribution < -0.4 is 9.46 Å². The largest absolute Gasteiger partial charge is 0.487 e. The number of nitrogens with one attached hydrogen (secondary N) is 1. The van der Waals surface area contributed by atoms with Crippen molar-refractivity contribution in [2.75, 3.05) is 6.54 Å². The highest BCUT2D eigenvalue weighted by molar-refractivity contribution is 7.89. The van der Waals surface area contributed by atoms with Crippen molar-refractivity contribution < 1.29 is 13.2 Å². The molecule has 118 valence electrons. The van der Waals surface area contributed by atoms with Crippen molar-refractivity contribution >= 4 is 21.4 Å². The zero-order valence-corrected chi connectivity index (χ0v) is 14.0. The van der Waals surface area contributed by atoms with Crippen LogP contribution in [0.25, 0.3) is 0 Å². The van der Waals surface area contributed by atoms with Gasteiger partial charge >= 0.3 is 0 Å². The summed E-state index contributed by atoms with van der Waals surface area (Å²) in [5.41, 5.74) is 2.28. The van der Waals surface area contributed by atoms with E-state index in [4.69, 9.17) is 4.74 Å². The van der Waals surface area contributed by atoms with E-state index in [2.05, 4.69) is 14.9 Å². The highest BCUT2D eigenvalue weighted by atomic mass is 32.2. The minimum Gasteiger partial charge on any atom is -0.487 e. The molecule has 3 rings (SSSR count). The van der Waals surface area contributed by atoms with Gasteiger partial charge in [0.15, 0.2) is 0 Å². The molecule has 0 bridgehead atoms. The maximum Gasteiger partial charge on any atom is 0.240 e. The van der Waals surface area contributed by atoms with Crippen molar-refractivity contribution in [3.63, 3.8) is 0 Å². The molecule has 0 saturated heterocycles. The Bertz CT molecular complexity index is 771. The van der Waals surface area contributed by atoms with Gasteiger partial charge in [0.25, 0.3) is 0 Å². The van der Waals surface area contributed by atoms with Gasteiger partial charge in [-0.15, -0.1) is 21.5 Å². The van der Waals surface area contributed by atoms with Crippen LogP contribution in [0.1, 0.15) is 24.4 Å². The van der Waals surface area contributed by atoms with Gasteiger partial charge in [-0.25, -0.2) is 13.1 Å². The summed E-state index contributed by atoms with van der Waals surface area (Å²) in [5, 5.41) is 8.43. The van der Waals surface area contributed by atoms with Crippen molar-refractivity contribution in [3.05, 3.63) is 34.3 Å². The molecule has 0 radical (unpaired) electrons. The van der Waals surface area contributed by atoms with Crippen molar-refractivity contribution in [3.8, 4) is 5.75 Å². The van der Waals surface area contributed by atoms with Gasteiger partial charge in [-0.05, 0) is 37.6 Å². The molecule has 0 spiro atoms. The Hall–Kier alpha value is -1.51. The summed E-state index contributed by atoms with van der Waals surface area (Å²) in [6.07, 6.45) is 1.24. The summed E-state index contributed by atoms with van der Waals surface area (Å²) >= 11 is 1.41. The molecule has 0 fully saturated rings. The molecule has 2 aromatic rings. The number of hydrogen-bond donors (Lipinski definition) is 1. The van der Waals surface area contributed by atoms with Gasteiger partial charge in [0.05, 0.1) is 4.90 Å². The third-order valence-electron chi connectivity index (χ3n) is 3.38. The quantitative estimate of drug-likeness (QED) is 0.898. The van der Waals surface area contributed by atoms with Crippen LogP contribution in [-0.2, 0) is 22.9 Å². The zero-order chi connectivity index (χ0) is 15.8. The Morgan fingerprint density at radius 3 is 2.95 bits per heavy atom. The second-order valence-electron chi connectivity index (χ2n) is 5.79. The molecule has 1 aliphatic heterocycles. The smallest absolute Gasteiger partial charge is 0.240 e. The van der Waals surface area contributed by atoms with E-state index in [9.17, 15) is 8.42 Å². The third-order valence-corrected chi connectivity index (χ3v) is 5.60. The lowest BCUT2D eigenvalue weighted by molar-refractivity contribution is 0.138. The number of fused-ring (bicyclic) bond motifs is 1. The van der Waals surface area contributed by atoms with E-state index in [1.807, 2.05) is 13.8 Å². The molecule has 2 heterocycles. The van der Waals surface area contributed by atoms with E-state index in [0.717, 1.165) is 16.3 Å². The molecule has 0 saturated carbocycles. The lowest BCUT2D eigenvalue weighted by Crippen LogP contribution is -2.26. The number of nitrogens with zero attached hydrogens (tertiary/aromatic N) is 2. The molecule has 8 heteroatoms. The van der Waals surface area contributed by atoms with Crippen LogP contribution in [0.4, 0.5) is 0 Å². The lowest BCUT2D eigenvalue weighted by atomic mass is 10.0. The Labute approximate surface area is 133 Å². The molecule has 6 nitrogen and oxygen atoms in total. The first kappa shape index (κ1) is 15.4. The van der Waals surface area contributed by atoms with E-state index < -0.39 is 10.0 Å². The van der Waals surface area contributed by atoms with Crippen molar-refractivity contribution in [2.24, 2.45) is 0 Å². The van der Waals surface area contributed by atoms with Gasteiger partial charge in [-0.1, -0.05) is 0 Å². The highest BCUT2D eigenvalue weighted by Gasteiger charge is 2.31. The Morgan fingerprint density at radius 2 is 2.23 bits per heavy atom. The fourth-order valence-corrected chi connectivity index (χ4v) is 4.05. The van der Waals surface area contributed by atoms with E-state index >= 15 is 0 Å². The number of sulfonamides is 1. The van der Waals surface area contributed by atoms with Gasteiger partial charge < -0.3 is 4.74 Å². The molecule has 0 unspecified atom stereocenters. The van der Waals surface area contributed by atoms with Crippen LogP contribution in [0.2, 0.25) is 0 Å². The van der Waals surface area contributed by atoms with E-state index in [0.29, 0.717) is 19.4 Å². The minimum atomic E-state index is -3.52. The van der Waals surface area contributed by atoms with Crippen LogP contribution in [0.15, 0.2) is 28.6 Å². The standard InChI is InChI=1S/C14H17N3O3S2/c1-14(2)8-10-7-11(3-4-12(10)20-14)22(18,19)16-6-5-13-17-15-9-21-13/h3-4,7,9,16H,5-6,8H2,1-2H3. The number of benzene rings is 1. The summed E-state index contributed by atoms with van der Waals surface area (Å²) < 4.78 is 33.0. The molecule has 0 aliphatic carbocycles. The molecule has 1 aliphatic rings. The molecule has 1 aromatic carbocycles. The maximum absolute atomic E-state index is 12.3. The van der Waals surface area contributed by atoms with E-state index in [-0.39, 0.29) is 10.5 Å². The Kier molecular flexibility index (Phi) is 3.92. The molecular formula is C14H17N3O3S2. The summed E-state index contributed by atoms with van der Waals surface area (Å²) in [7, 11) is -3.52. The van der Waals surface area contributed by atoms with E-state index in [1.54, 1.807) is 23.7 Å². The monoisotopic (exact) mass is 339 g/mol. The second-order valence-corrected chi connectivity index (χ2v) is 8.47. The van der Waals surface area contributed by atoms with Gasteiger partial charge in [-0.2, -0.15) is 0 Å². The number of ether oxygens (including phenoxy) is 1. The van der Waals surface area contributed by atoms with E-state index in [1.165, 1.54) is 11.3 Å². The first-order chi connectivity index (χ1) is 10.4. The van der Waals surface area contributed by atoms with Gasteiger partial charge in [0.1, 0.15) is 21.9 Å². The fourth-order valence-electron chi connectivity index (χ4n) is 2.43. The first-order valence-electron chi connectivity index (χ1n) is 6.92. The van der Waals surface area contributed by atoms with Gasteiger partial charge in [-0.3, -0.25) is 0 Å². The van der Waals surface area contributed by atoms with Crippen molar-refractivity contribution in [1.29, 1.82) is 0 Å². The zero-order valence-electron chi connectivity index (χ0n) is 12.4. The van der Waals surface area contributed by atoms with Crippen molar-refractivity contribution in [2.45, 2.75) is 37.2 Å². The lowest BCUT2D eigenvalue weighted by Gasteiger charge is -2.16. The third kappa shape index (κ3) is 3.29. The van der Waals surface area contributed by atoms with Crippen LogP contribution in [0.5, 0.6) is 5.75 Å². The van der Waals surface area contributed by atoms with Crippen LogP contribution in [0, 0.1) is 0 Å². The topological polar surface area (TPSA) is 81.2 Å². The number of rotatable bonds is 5. The SMILES string of the molecule is CC1(C)Cc2cc(S(=O)(=O)NCCc3nncs3)ccc2O1.